The summed E-state index contributed by atoms with van der Waals surface area (Å²) < 4.78 is 11.2. The molecule has 1 heterocycles. The van der Waals surface area contributed by atoms with Crippen molar-refractivity contribution in [2.75, 3.05) is 7.11 Å². The number of esters is 1. The number of nitrogens with one attached hydrogen (secondary N) is 1. The van der Waals surface area contributed by atoms with Crippen molar-refractivity contribution in [3.05, 3.63) is 93.3 Å². The summed E-state index contributed by atoms with van der Waals surface area (Å²) in [6.07, 6.45) is 1.76. The average Bonchev–Trinajstić information content (AvgIpc) is 3.14. The zero-order valence-corrected chi connectivity index (χ0v) is 19.3. The third-order valence-corrected chi connectivity index (χ3v) is 6.04. The van der Waals surface area contributed by atoms with Crippen LogP contribution in [-0.4, -0.2) is 24.2 Å². The Bertz CT molecular complexity index is 1220. The van der Waals surface area contributed by atoms with E-state index in [0.717, 1.165) is 11.3 Å². The third kappa shape index (κ3) is 5.27. The molecule has 1 aliphatic heterocycles. The zero-order valence-electron chi connectivity index (χ0n) is 16.9. The van der Waals surface area contributed by atoms with Crippen LogP contribution in [0.25, 0.3) is 6.08 Å². The van der Waals surface area contributed by atoms with Crippen molar-refractivity contribution in [1.82, 2.24) is 5.32 Å². The number of carbonyl (C=O) groups excluding carboxylic acids is 2. The molecule has 1 aliphatic rings. The van der Waals surface area contributed by atoms with Gasteiger partial charge in [-0.25, -0.2) is 9.79 Å². The van der Waals surface area contributed by atoms with Crippen LogP contribution in [0.5, 0.6) is 11.5 Å². The molecule has 8 heteroatoms. The van der Waals surface area contributed by atoms with Crippen molar-refractivity contribution in [1.29, 1.82) is 0 Å². The van der Waals surface area contributed by atoms with Crippen molar-refractivity contribution >= 4 is 56.5 Å². The number of benzene rings is 3. The highest BCUT2D eigenvalue weighted by Gasteiger charge is 2.23. The summed E-state index contributed by atoms with van der Waals surface area (Å²) in [6, 6.07) is 21.2. The van der Waals surface area contributed by atoms with Gasteiger partial charge in [-0.2, -0.15) is 0 Å². The summed E-state index contributed by atoms with van der Waals surface area (Å²) in [5.41, 5.74) is 1.96. The number of hydrogen-bond donors (Lipinski definition) is 1. The summed E-state index contributed by atoms with van der Waals surface area (Å²) in [4.78, 5) is 29.6. The van der Waals surface area contributed by atoms with Crippen molar-refractivity contribution < 1.29 is 19.1 Å². The molecule has 1 fully saturated rings. The maximum atomic E-state index is 12.3. The third-order valence-electron chi connectivity index (χ3n) is 4.44. The van der Waals surface area contributed by atoms with E-state index in [1.807, 2.05) is 30.3 Å². The normalized spacial score (nSPS) is 15.6. The van der Waals surface area contributed by atoms with E-state index in [1.165, 1.54) is 11.8 Å². The molecule has 3 aromatic carbocycles. The predicted molar refractivity (Wildman–Crippen MR) is 129 cm³/mol. The second-order valence-electron chi connectivity index (χ2n) is 6.62. The molecule has 160 valence electrons. The van der Waals surface area contributed by atoms with Gasteiger partial charge >= 0.3 is 5.97 Å². The van der Waals surface area contributed by atoms with Crippen molar-refractivity contribution in [2.45, 2.75) is 0 Å². The highest BCUT2D eigenvalue weighted by Crippen LogP contribution is 2.29. The lowest BCUT2D eigenvalue weighted by Gasteiger charge is -2.06. The lowest BCUT2D eigenvalue weighted by molar-refractivity contribution is -0.115. The van der Waals surface area contributed by atoms with Gasteiger partial charge in [0.1, 0.15) is 11.5 Å². The molecular weight excluding hydrogens is 492 g/mol. The molecular formula is C24H17BrN2O4S. The second-order valence-corrected chi connectivity index (χ2v) is 8.50. The van der Waals surface area contributed by atoms with Gasteiger partial charge in [0, 0.05) is 4.47 Å². The topological polar surface area (TPSA) is 77.0 Å². The number of amides is 1. The Hall–Kier alpha value is -3.36. The average molecular weight is 509 g/mol. The van der Waals surface area contributed by atoms with Crippen molar-refractivity contribution in [2.24, 2.45) is 4.99 Å². The van der Waals surface area contributed by atoms with E-state index in [9.17, 15) is 9.59 Å². The molecule has 0 atom stereocenters. The maximum absolute atomic E-state index is 12.3. The van der Waals surface area contributed by atoms with Crippen LogP contribution < -0.4 is 14.8 Å². The van der Waals surface area contributed by atoms with Gasteiger partial charge in [0.2, 0.25) is 0 Å². The maximum Gasteiger partial charge on any atom is 0.344 e. The van der Waals surface area contributed by atoms with Gasteiger partial charge in [-0.05, 0) is 87.9 Å². The molecule has 0 unspecified atom stereocenters. The van der Waals surface area contributed by atoms with E-state index in [1.54, 1.807) is 55.7 Å². The fraction of sp³-hybridized carbons (Fsp3) is 0.0417. The molecule has 32 heavy (non-hydrogen) atoms. The standard InChI is InChI=1S/C24H17BrN2O4S/c1-30-17-12-8-16(9-13-17)26-24-27-22(28)21(32-24)14-15-6-10-18(11-7-15)31-23(29)19-4-2-3-5-20(19)25/h2-14H,1H3,(H,26,27,28)/b21-14-. The van der Waals surface area contributed by atoms with Crippen LogP contribution in [0.4, 0.5) is 5.69 Å². The fourth-order valence-corrected chi connectivity index (χ4v) is 4.12. The van der Waals surface area contributed by atoms with E-state index in [4.69, 9.17) is 9.47 Å². The van der Waals surface area contributed by atoms with Crippen LogP contribution in [0, 0.1) is 0 Å². The summed E-state index contributed by atoms with van der Waals surface area (Å²) in [6.45, 7) is 0. The van der Waals surface area contributed by atoms with Gasteiger partial charge in [0.05, 0.1) is 23.3 Å². The summed E-state index contributed by atoms with van der Waals surface area (Å²) in [5.74, 6) is 0.488. The van der Waals surface area contributed by atoms with E-state index >= 15 is 0 Å². The van der Waals surface area contributed by atoms with Gasteiger partial charge in [-0.15, -0.1) is 0 Å². The zero-order chi connectivity index (χ0) is 22.5. The molecule has 0 saturated carbocycles. The minimum Gasteiger partial charge on any atom is -0.497 e. The molecule has 0 radical (unpaired) electrons. The number of aliphatic imine (C=N–C) groups is 1. The van der Waals surface area contributed by atoms with Crippen LogP contribution in [0.3, 0.4) is 0 Å². The van der Waals surface area contributed by atoms with Gasteiger partial charge in [-0.3, -0.25) is 4.79 Å². The molecule has 1 amide bonds. The molecule has 1 saturated heterocycles. The van der Waals surface area contributed by atoms with Crippen LogP contribution in [0.1, 0.15) is 15.9 Å². The molecule has 0 aromatic heterocycles. The van der Waals surface area contributed by atoms with Gasteiger partial charge in [-0.1, -0.05) is 24.3 Å². The Balaban J connectivity index is 1.43. The summed E-state index contributed by atoms with van der Waals surface area (Å²) in [5, 5.41) is 3.27. The molecule has 0 aliphatic carbocycles. The minimum atomic E-state index is -0.450. The number of methoxy groups -OCH3 is 1. The number of halogens is 1. The SMILES string of the molecule is COc1ccc(N=C2NC(=O)/C(=C/c3ccc(OC(=O)c4ccccc4Br)cc3)S2)cc1. The second kappa shape index (κ2) is 9.84. The van der Waals surface area contributed by atoms with Gasteiger partial charge in [0.25, 0.3) is 5.91 Å². The molecule has 0 spiro atoms. The number of nitrogens with zero attached hydrogens (tertiary/aromatic N) is 1. The first-order valence-electron chi connectivity index (χ1n) is 9.52. The van der Waals surface area contributed by atoms with Crippen LogP contribution in [-0.2, 0) is 4.79 Å². The highest BCUT2D eigenvalue weighted by molar-refractivity contribution is 9.10. The number of amidine groups is 1. The summed E-state index contributed by atoms with van der Waals surface area (Å²) in [7, 11) is 1.60. The Morgan fingerprint density at radius 1 is 1.00 bits per heavy atom. The van der Waals surface area contributed by atoms with Crippen LogP contribution in [0.2, 0.25) is 0 Å². The Morgan fingerprint density at radius 3 is 2.38 bits per heavy atom. The monoisotopic (exact) mass is 508 g/mol. The number of hydrogen-bond acceptors (Lipinski definition) is 6. The molecule has 0 bridgehead atoms. The van der Waals surface area contributed by atoms with E-state index < -0.39 is 5.97 Å². The van der Waals surface area contributed by atoms with Crippen LogP contribution >= 0.6 is 27.7 Å². The Morgan fingerprint density at radius 2 is 1.69 bits per heavy atom. The molecule has 3 aromatic rings. The number of rotatable bonds is 5. The number of carbonyl (C=O) groups is 2. The molecule has 4 rings (SSSR count). The molecule has 1 N–H and O–H groups in total. The smallest absolute Gasteiger partial charge is 0.344 e. The quantitative estimate of drug-likeness (QED) is 0.277. The Labute approximate surface area is 197 Å². The van der Waals surface area contributed by atoms with Crippen molar-refractivity contribution in [3.8, 4) is 11.5 Å². The first-order chi connectivity index (χ1) is 15.5. The lowest BCUT2D eigenvalue weighted by atomic mass is 10.2. The number of ether oxygens (including phenoxy) is 2. The summed E-state index contributed by atoms with van der Waals surface area (Å²) >= 11 is 4.61. The van der Waals surface area contributed by atoms with Gasteiger partial charge in [0.15, 0.2) is 5.17 Å². The van der Waals surface area contributed by atoms with E-state index in [2.05, 4.69) is 26.2 Å². The first kappa shape index (κ1) is 21.9. The molecule has 6 nitrogen and oxygen atoms in total. The van der Waals surface area contributed by atoms with Gasteiger partial charge < -0.3 is 14.8 Å². The Kier molecular flexibility index (Phi) is 6.72. The fourth-order valence-electron chi connectivity index (χ4n) is 2.83. The lowest BCUT2D eigenvalue weighted by Crippen LogP contribution is -2.19. The van der Waals surface area contributed by atoms with E-state index in [0.29, 0.717) is 31.5 Å². The first-order valence-corrected chi connectivity index (χ1v) is 11.1. The highest BCUT2D eigenvalue weighted by atomic mass is 79.9. The van der Waals surface area contributed by atoms with E-state index in [-0.39, 0.29) is 5.91 Å². The van der Waals surface area contributed by atoms with Crippen molar-refractivity contribution in [3.63, 3.8) is 0 Å². The largest absolute Gasteiger partial charge is 0.497 e. The number of thioether (sulfide) groups is 1. The predicted octanol–water partition coefficient (Wildman–Crippen LogP) is 5.57. The van der Waals surface area contributed by atoms with Crippen LogP contribution in [0.15, 0.2) is 87.2 Å². The minimum absolute atomic E-state index is 0.216.